The van der Waals surface area contributed by atoms with Crippen LogP contribution in [0, 0.1) is 5.82 Å². The SMILES string of the molecule is CC(=O)N1CCCC(n2c(=O)c(O)c3n(c2=O)CCN(Cc2ccc(F)cc2)C3=O)C1. The largest absolute Gasteiger partial charge is 0.501 e. The molecule has 164 valence electrons. The predicted molar refractivity (Wildman–Crippen MR) is 108 cm³/mol. The Morgan fingerprint density at radius 2 is 1.84 bits per heavy atom. The zero-order chi connectivity index (χ0) is 22.3. The first-order valence-electron chi connectivity index (χ1n) is 10.2. The van der Waals surface area contributed by atoms with E-state index in [-0.39, 0.29) is 37.8 Å². The molecule has 1 unspecified atom stereocenters. The molecule has 2 aliphatic heterocycles. The molecule has 1 aromatic heterocycles. The molecule has 2 aliphatic rings. The number of benzene rings is 1. The Labute approximate surface area is 176 Å². The summed E-state index contributed by atoms with van der Waals surface area (Å²) in [7, 11) is 0. The summed E-state index contributed by atoms with van der Waals surface area (Å²) in [6, 6.07) is 5.10. The highest BCUT2D eigenvalue weighted by Crippen LogP contribution is 2.23. The zero-order valence-electron chi connectivity index (χ0n) is 17.1. The predicted octanol–water partition coefficient (Wildman–Crippen LogP) is 0.694. The lowest BCUT2D eigenvalue weighted by molar-refractivity contribution is -0.130. The van der Waals surface area contributed by atoms with Gasteiger partial charge in [0.1, 0.15) is 5.82 Å². The monoisotopic (exact) mass is 430 g/mol. The first-order valence-corrected chi connectivity index (χ1v) is 10.2. The number of hydrogen-bond donors (Lipinski definition) is 1. The smallest absolute Gasteiger partial charge is 0.332 e. The Hall–Kier alpha value is -3.43. The summed E-state index contributed by atoms with van der Waals surface area (Å²) in [5, 5.41) is 10.6. The van der Waals surface area contributed by atoms with Gasteiger partial charge in [0.25, 0.3) is 11.5 Å². The molecule has 10 heteroatoms. The van der Waals surface area contributed by atoms with Gasteiger partial charge in [0, 0.05) is 39.6 Å². The fourth-order valence-corrected chi connectivity index (χ4v) is 4.29. The minimum absolute atomic E-state index is 0.109. The van der Waals surface area contributed by atoms with Gasteiger partial charge in [-0.2, -0.15) is 0 Å². The van der Waals surface area contributed by atoms with Crippen LogP contribution in [0.15, 0.2) is 33.9 Å². The number of carbonyl (C=O) groups excluding carboxylic acids is 2. The fourth-order valence-electron chi connectivity index (χ4n) is 4.29. The van der Waals surface area contributed by atoms with Crippen LogP contribution in [0.3, 0.4) is 0 Å². The highest BCUT2D eigenvalue weighted by atomic mass is 19.1. The van der Waals surface area contributed by atoms with E-state index in [4.69, 9.17) is 0 Å². The Balaban J connectivity index is 1.68. The van der Waals surface area contributed by atoms with Gasteiger partial charge in [-0.25, -0.2) is 9.18 Å². The van der Waals surface area contributed by atoms with Crippen molar-refractivity contribution in [3.63, 3.8) is 0 Å². The second-order valence-corrected chi connectivity index (χ2v) is 7.92. The van der Waals surface area contributed by atoms with Crippen LogP contribution in [0.4, 0.5) is 4.39 Å². The molecule has 0 saturated carbocycles. The maximum absolute atomic E-state index is 13.1. The maximum atomic E-state index is 13.1. The number of aromatic hydroxyl groups is 1. The number of piperidine rings is 1. The van der Waals surface area contributed by atoms with Crippen molar-refractivity contribution in [3.8, 4) is 5.75 Å². The van der Waals surface area contributed by atoms with Crippen molar-refractivity contribution in [2.24, 2.45) is 0 Å². The second-order valence-electron chi connectivity index (χ2n) is 7.92. The third kappa shape index (κ3) is 3.73. The van der Waals surface area contributed by atoms with E-state index < -0.39 is 34.8 Å². The van der Waals surface area contributed by atoms with Crippen LogP contribution in [0.25, 0.3) is 0 Å². The molecule has 9 nitrogen and oxygen atoms in total. The van der Waals surface area contributed by atoms with E-state index in [0.717, 1.165) is 9.13 Å². The van der Waals surface area contributed by atoms with Crippen LogP contribution in [0.2, 0.25) is 0 Å². The van der Waals surface area contributed by atoms with Crippen molar-refractivity contribution in [3.05, 3.63) is 62.2 Å². The maximum Gasteiger partial charge on any atom is 0.332 e. The number of aromatic nitrogens is 2. The third-order valence-corrected chi connectivity index (χ3v) is 5.93. The van der Waals surface area contributed by atoms with Crippen LogP contribution in [0.1, 0.15) is 41.9 Å². The van der Waals surface area contributed by atoms with Crippen LogP contribution < -0.4 is 11.2 Å². The molecule has 0 bridgehead atoms. The van der Waals surface area contributed by atoms with Crippen molar-refractivity contribution in [2.45, 2.75) is 38.9 Å². The Morgan fingerprint density at radius 3 is 2.52 bits per heavy atom. The summed E-state index contributed by atoms with van der Waals surface area (Å²) in [5.74, 6) is -1.95. The van der Waals surface area contributed by atoms with Gasteiger partial charge >= 0.3 is 5.69 Å². The summed E-state index contributed by atoms with van der Waals surface area (Å²) in [6.45, 7) is 2.65. The molecule has 0 radical (unpaired) electrons. The highest BCUT2D eigenvalue weighted by Gasteiger charge is 2.34. The van der Waals surface area contributed by atoms with Crippen molar-refractivity contribution in [1.82, 2.24) is 18.9 Å². The van der Waals surface area contributed by atoms with Gasteiger partial charge in [-0.1, -0.05) is 12.1 Å². The summed E-state index contributed by atoms with van der Waals surface area (Å²) in [4.78, 5) is 53.7. The molecule has 0 spiro atoms. The average Bonchev–Trinajstić information content (AvgIpc) is 2.75. The van der Waals surface area contributed by atoms with E-state index in [9.17, 15) is 28.7 Å². The van der Waals surface area contributed by atoms with Gasteiger partial charge in [0.15, 0.2) is 5.69 Å². The average molecular weight is 430 g/mol. The van der Waals surface area contributed by atoms with Crippen LogP contribution in [0.5, 0.6) is 5.75 Å². The van der Waals surface area contributed by atoms with Gasteiger partial charge in [0.05, 0.1) is 6.04 Å². The molecule has 1 saturated heterocycles. The summed E-state index contributed by atoms with van der Waals surface area (Å²) < 4.78 is 15.2. The zero-order valence-corrected chi connectivity index (χ0v) is 17.1. The van der Waals surface area contributed by atoms with E-state index in [1.165, 1.54) is 24.0 Å². The molecular weight excluding hydrogens is 407 g/mol. The second kappa shape index (κ2) is 8.01. The van der Waals surface area contributed by atoms with E-state index >= 15 is 0 Å². The normalized spacial score (nSPS) is 18.8. The molecule has 1 N–H and O–H groups in total. The first kappa shape index (κ1) is 20.8. The van der Waals surface area contributed by atoms with Crippen molar-refractivity contribution < 1.29 is 19.1 Å². The number of rotatable bonds is 3. The minimum atomic E-state index is -0.927. The Kier molecular flexibility index (Phi) is 5.38. The molecule has 1 aromatic carbocycles. The van der Waals surface area contributed by atoms with Gasteiger partial charge in [-0.05, 0) is 30.5 Å². The van der Waals surface area contributed by atoms with Gasteiger partial charge in [0.2, 0.25) is 11.7 Å². The van der Waals surface area contributed by atoms with Crippen molar-refractivity contribution in [1.29, 1.82) is 0 Å². The van der Waals surface area contributed by atoms with Crippen LogP contribution >= 0.6 is 0 Å². The quantitative estimate of drug-likeness (QED) is 0.772. The molecule has 0 aliphatic carbocycles. The van der Waals surface area contributed by atoms with E-state index in [0.29, 0.717) is 24.9 Å². The number of nitrogens with zero attached hydrogens (tertiary/aromatic N) is 4. The molecule has 2 amide bonds. The minimum Gasteiger partial charge on any atom is -0.501 e. The fraction of sp³-hybridized carbons (Fsp3) is 0.429. The van der Waals surface area contributed by atoms with Gasteiger partial charge in [-0.15, -0.1) is 0 Å². The molecular formula is C21H23FN4O5. The number of fused-ring (bicyclic) bond motifs is 1. The topological polar surface area (TPSA) is 105 Å². The standard InChI is InChI=1S/C21H23FN4O5/c1-13(27)23-8-2-3-16(12-23)26-20(30)18(28)17-19(29)24(9-10-25(17)21(26)31)11-14-4-6-15(22)7-5-14/h4-7,16,28H,2-3,8-12H2,1H3. The highest BCUT2D eigenvalue weighted by molar-refractivity contribution is 5.95. The van der Waals surface area contributed by atoms with E-state index in [1.54, 1.807) is 17.0 Å². The van der Waals surface area contributed by atoms with E-state index in [2.05, 4.69) is 0 Å². The summed E-state index contributed by atoms with van der Waals surface area (Å²) in [6.07, 6.45) is 1.14. The van der Waals surface area contributed by atoms with Crippen LogP contribution in [-0.2, 0) is 17.9 Å². The van der Waals surface area contributed by atoms with E-state index in [1.807, 2.05) is 0 Å². The van der Waals surface area contributed by atoms with Crippen molar-refractivity contribution in [2.75, 3.05) is 19.6 Å². The summed E-state index contributed by atoms with van der Waals surface area (Å²) >= 11 is 0. The number of amides is 2. The molecule has 31 heavy (non-hydrogen) atoms. The Bertz CT molecular complexity index is 1150. The number of hydrogen-bond acceptors (Lipinski definition) is 5. The first-order chi connectivity index (χ1) is 14.8. The van der Waals surface area contributed by atoms with Crippen LogP contribution in [-0.4, -0.2) is 55.5 Å². The van der Waals surface area contributed by atoms with Crippen molar-refractivity contribution >= 4 is 11.8 Å². The number of carbonyl (C=O) groups is 2. The van der Waals surface area contributed by atoms with Gasteiger partial charge < -0.3 is 14.9 Å². The number of likely N-dealkylation sites (tertiary alicyclic amines) is 1. The molecule has 2 aromatic rings. The third-order valence-electron chi connectivity index (χ3n) is 5.93. The molecule has 1 atom stereocenters. The lowest BCUT2D eigenvalue weighted by Crippen LogP contribution is -2.52. The lowest BCUT2D eigenvalue weighted by atomic mass is 10.1. The Morgan fingerprint density at radius 1 is 1.13 bits per heavy atom. The lowest BCUT2D eigenvalue weighted by Gasteiger charge is -2.34. The van der Waals surface area contributed by atoms with Gasteiger partial charge in [-0.3, -0.25) is 23.5 Å². The summed E-state index contributed by atoms with van der Waals surface area (Å²) in [5.41, 5.74) is -1.24. The molecule has 4 rings (SSSR count). The molecule has 1 fully saturated rings. The molecule has 3 heterocycles. The number of halogens is 1.